The third-order valence-electron chi connectivity index (χ3n) is 3.94. The summed E-state index contributed by atoms with van der Waals surface area (Å²) in [7, 11) is 0. The van der Waals surface area contributed by atoms with Crippen LogP contribution >= 0.6 is 15.9 Å². The van der Waals surface area contributed by atoms with Crippen molar-refractivity contribution >= 4 is 15.9 Å². The quantitative estimate of drug-likeness (QED) is 0.902. The molecule has 0 fully saturated rings. The number of ether oxygens (including phenoxy) is 1. The first-order chi connectivity index (χ1) is 9.59. The highest BCUT2D eigenvalue weighted by Crippen LogP contribution is 2.38. The molecule has 2 N–H and O–H groups in total. The van der Waals surface area contributed by atoms with E-state index in [1.807, 2.05) is 19.1 Å². The van der Waals surface area contributed by atoms with Gasteiger partial charge in [0.1, 0.15) is 5.75 Å². The lowest BCUT2D eigenvalue weighted by atomic mass is 9.83. The zero-order valence-electron chi connectivity index (χ0n) is 11.5. The summed E-state index contributed by atoms with van der Waals surface area (Å²) in [5, 5.41) is 0. The number of para-hydroxylation sites is 1. The minimum atomic E-state index is -0.552. The predicted molar refractivity (Wildman–Crippen MR) is 85.0 cm³/mol. The van der Waals surface area contributed by atoms with Gasteiger partial charge in [0, 0.05) is 10.0 Å². The standard InChI is InChI=1S/C17H18BrNO/c1-17(19,13-7-9-14(18)10-8-13)15-6-2-4-12-5-3-11-20-16(12)15/h2,4,6-10H,3,5,11,19H2,1H3. The van der Waals surface area contributed by atoms with Gasteiger partial charge >= 0.3 is 0 Å². The Kier molecular flexibility index (Phi) is 3.57. The minimum absolute atomic E-state index is 0.552. The molecule has 1 aliphatic rings. The van der Waals surface area contributed by atoms with E-state index in [0.717, 1.165) is 40.8 Å². The summed E-state index contributed by atoms with van der Waals surface area (Å²) in [5.74, 6) is 0.978. The van der Waals surface area contributed by atoms with Crippen molar-refractivity contribution in [3.05, 3.63) is 63.6 Å². The molecule has 20 heavy (non-hydrogen) atoms. The highest BCUT2D eigenvalue weighted by molar-refractivity contribution is 9.10. The van der Waals surface area contributed by atoms with Gasteiger partial charge in [0.2, 0.25) is 0 Å². The van der Waals surface area contributed by atoms with Crippen LogP contribution in [0.4, 0.5) is 0 Å². The molecule has 0 radical (unpaired) electrons. The van der Waals surface area contributed by atoms with Crippen LogP contribution in [0.5, 0.6) is 5.75 Å². The fourth-order valence-electron chi connectivity index (χ4n) is 2.75. The Labute approximate surface area is 128 Å². The second-order valence-electron chi connectivity index (χ2n) is 5.46. The molecule has 104 valence electrons. The Hall–Kier alpha value is -1.32. The molecular weight excluding hydrogens is 314 g/mol. The lowest BCUT2D eigenvalue weighted by Gasteiger charge is -2.31. The molecule has 0 bridgehead atoms. The number of benzene rings is 2. The van der Waals surface area contributed by atoms with Crippen molar-refractivity contribution in [2.75, 3.05) is 6.61 Å². The van der Waals surface area contributed by atoms with E-state index >= 15 is 0 Å². The first kappa shape index (κ1) is 13.7. The third kappa shape index (κ3) is 2.36. The molecule has 0 saturated carbocycles. The van der Waals surface area contributed by atoms with E-state index in [4.69, 9.17) is 10.5 Å². The molecule has 2 aromatic rings. The Balaban J connectivity index is 2.09. The van der Waals surface area contributed by atoms with Crippen LogP contribution in [0.3, 0.4) is 0 Å². The van der Waals surface area contributed by atoms with E-state index in [9.17, 15) is 0 Å². The molecule has 1 heterocycles. The van der Waals surface area contributed by atoms with Gasteiger partial charge in [-0.2, -0.15) is 0 Å². The summed E-state index contributed by atoms with van der Waals surface area (Å²) in [4.78, 5) is 0. The molecule has 2 nitrogen and oxygen atoms in total. The fraction of sp³-hybridized carbons (Fsp3) is 0.294. The topological polar surface area (TPSA) is 35.2 Å². The molecule has 1 aliphatic heterocycles. The van der Waals surface area contributed by atoms with Crippen LogP contribution in [0.25, 0.3) is 0 Å². The van der Waals surface area contributed by atoms with Crippen molar-refractivity contribution in [3.8, 4) is 5.75 Å². The zero-order valence-corrected chi connectivity index (χ0v) is 13.1. The predicted octanol–water partition coefficient (Wildman–Crippen LogP) is 4.00. The molecule has 0 saturated heterocycles. The number of halogens is 1. The number of aryl methyl sites for hydroxylation is 1. The van der Waals surface area contributed by atoms with E-state index in [1.54, 1.807) is 0 Å². The van der Waals surface area contributed by atoms with Gasteiger partial charge in [-0.3, -0.25) is 0 Å². The number of fused-ring (bicyclic) bond motifs is 1. The van der Waals surface area contributed by atoms with Gasteiger partial charge in [-0.25, -0.2) is 0 Å². The number of nitrogens with two attached hydrogens (primary N) is 1. The van der Waals surface area contributed by atoms with Crippen LogP contribution in [0.1, 0.15) is 30.0 Å². The minimum Gasteiger partial charge on any atom is -0.493 e. The van der Waals surface area contributed by atoms with E-state index in [0.29, 0.717) is 0 Å². The SMILES string of the molecule is CC(N)(c1ccc(Br)cc1)c1cccc2c1OCCC2. The monoisotopic (exact) mass is 331 g/mol. The van der Waals surface area contributed by atoms with Gasteiger partial charge in [0.25, 0.3) is 0 Å². The maximum absolute atomic E-state index is 6.64. The molecule has 3 heteroatoms. The summed E-state index contributed by atoms with van der Waals surface area (Å²) in [6.07, 6.45) is 2.15. The van der Waals surface area contributed by atoms with E-state index in [2.05, 4.69) is 46.3 Å². The van der Waals surface area contributed by atoms with Crippen molar-refractivity contribution in [1.29, 1.82) is 0 Å². The summed E-state index contributed by atoms with van der Waals surface area (Å²) in [6.45, 7) is 2.82. The van der Waals surface area contributed by atoms with E-state index in [-0.39, 0.29) is 0 Å². The Morgan fingerprint density at radius 2 is 1.90 bits per heavy atom. The maximum atomic E-state index is 6.64. The van der Waals surface area contributed by atoms with Crippen molar-refractivity contribution in [2.24, 2.45) is 5.73 Å². The highest BCUT2D eigenvalue weighted by Gasteiger charge is 2.29. The van der Waals surface area contributed by atoms with Crippen molar-refractivity contribution < 1.29 is 4.74 Å². The van der Waals surface area contributed by atoms with Crippen molar-refractivity contribution in [3.63, 3.8) is 0 Å². The Bertz CT molecular complexity index is 619. The van der Waals surface area contributed by atoms with Crippen molar-refractivity contribution in [2.45, 2.75) is 25.3 Å². The molecule has 0 spiro atoms. The Morgan fingerprint density at radius 3 is 2.65 bits per heavy atom. The molecule has 0 amide bonds. The first-order valence-corrected chi connectivity index (χ1v) is 7.68. The molecule has 3 rings (SSSR count). The maximum Gasteiger partial charge on any atom is 0.127 e. The number of rotatable bonds is 2. The molecule has 1 unspecified atom stereocenters. The van der Waals surface area contributed by atoms with E-state index in [1.165, 1.54) is 5.56 Å². The largest absolute Gasteiger partial charge is 0.493 e. The van der Waals surface area contributed by atoms with Gasteiger partial charge in [0.05, 0.1) is 12.1 Å². The van der Waals surface area contributed by atoms with Crippen LogP contribution in [-0.4, -0.2) is 6.61 Å². The first-order valence-electron chi connectivity index (χ1n) is 6.89. The number of hydrogen-bond donors (Lipinski definition) is 1. The highest BCUT2D eigenvalue weighted by atomic mass is 79.9. The lowest BCUT2D eigenvalue weighted by Crippen LogP contribution is -2.35. The summed E-state index contributed by atoms with van der Waals surface area (Å²) in [5.41, 5.74) is 9.51. The summed E-state index contributed by atoms with van der Waals surface area (Å²) < 4.78 is 6.96. The van der Waals surface area contributed by atoms with Crippen molar-refractivity contribution in [1.82, 2.24) is 0 Å². The molecule has 1 atom stereocenters. The normalized spacial score (nSPS) is 16.9. The second kappa shape index (κ2) is 5.23. The van der Waals surface area contributed by atoms with Crippen LogP contribution in [-0.2, 0) is 12.0 Å². The van der Waals surface area contributed by atoms with Gasteiger partial charge in [-0.05, 0) is 43.0 Å². The number of hydrogen-bond acceptors (Lipinski definition) is 2. The molecule has 2 aromatic carbocycles. The molecule has 0 aliphatic carbocycles. The summed E-state index contributed by atoms with van der Waals surface area (Å²) >= 11 is 3.46. The van der Waals surface area contributed by atoms with Gasteiger partial charge in [0.15, 0.2) is 0 Å². The van der Waals surface area contributed by atoms with Crippen LogP contribution < -0.4 is 10.5 Å². The summed E-state index contributed by atoms with van der Waals surface area (Å²) in [6, 6.07) is 14.5. The van der Waals surface area contributed by atoms with Gasteiger partial charge < -0.3 is 10.5 Å². The molecule has 0 aromatic heterocycles. The fourth-order valence-corrected chi connectivity index (χ4v) is 3.01. The zero-order chi connectivity index (χ0) is 14.2. The van der Waals surface area contributed by atoms with Crippen LogP contribution in [0.15, 0.2) is 46.9 Å². The van der Waals surface area contributed by atoms with Gasteiger partial charge in [-0.1, -0.05) is 46.3 Å². The average Bonchev–Trinajstić information content (AvgIpc) is 2.47. The smallest absolute Gasteiger partial charge is 0.127 e. The van der Waals surface area contributed by atoms with E-state index < -0.39 is 5.54 Å². The Morgan fingerprint density at radius 1 is 1.15 bits per heavy atom. The molecular formula is C17H18BrNO. The lowest BCUT2D eigenvalue weighted by molar-refractivity contribution is 0.280. The van der Waals surface area contributed by atoms with Gasteiger partial charge in [-0.15, -0.1) is 0 Å². The third-order valence-corrected chi connectivity index (χ3v) is 4.47. The average molecular weight is 332 g/mol. The van der Waals surface area contributed by atoms with Crippen LogP contribution in [0, 0.1) is 0 Å². The van der Waals surface area contributed by atoms with Crippen LogP contribution in [0.2, 0.25) is 0 Å². The second-order valence-corrected chi connectivity index (χ2v) is 6.37.